The number of hydrogen-bond acceptors (Lipinski definition) is 1. The molecule has 0 atom stereocenters. The Morgan fingerprint density at radius 3 is 2.50 bits per heavy atom. The van der Waals surface area contributed by atoms with E-state index in [0.29, 0.717) is 0 Å². The van der Waals surface area contributed by atoms with Gasteiger partial charge in [0.05, 0.1) is 0 Å². The molecular weight excluding hydrogens is 146 g/mol. The third-order valence-corrected chi connectivity index (χ3v) is 2.85. The molecule has 0 spiro atoms. The Labute approximate surface area is 72.8 Å². The highest BCUT2D eigenvalue weighted by Crippen LogP contribution is 2.43. The van der Waals surface area contributed by atoms with Crippen LogP contribution in [0.4, 0.5) is 0 Å². The van der Waals surface area contributed by atoms with Gasteiger partial charge in [0.1, 0.15) is 0 Å². The molecule has 12 heavy (non-hydrogen) atoms. The number of rotatable bonds is 2. The summed E-state index contributed by atoms with van der Waals surface area (Å²) < 4.78 is 0. The Morgan fingerprint density at radius 2 is 1.83 bits per heavy atom. The number of hydrogen-bond donors (Lipinski definition) is 0. The minimum absolute atomic E-state index is 0.809. The van der Waals surface area contributed by atoms with Crippen molar-refractivity contribution in [2.75, 3.05) is 0 Å². The van der Waals surface area contributed by atoms with Crippen LogP contribution in [0.3, 0.4) is 0 Å². The van der Waals surface area contributed by atoms with Crippen LogP contribution >= 0.6 is 0 Å². The van der Waals surface area contributed by atoms with Gasteiger partial charge in [0, 0.05) is 17.8 Å². The van der Waals surface area contributed by atoms with Crippen molar-refractivity contribution in [3.8, 4) is 0 Å². The van der Waals surface area contributed by atoms with Crippen LogP contribution in [0.15, 0.2) is 18.3 Å². The first-order valence-corrected chi connectivity index (χ1v) is 4.89. The Bertz CT molecular complexity index is 270. The molecule has 0 saturated heterocycles. The van der Waals surface area contributed by atoms with Gasteiger partial charge in [0.25, 0.3) is 0 Å². The van der Waals surface area contributed by atoms with E-state index in [4.69, 9.17) is 0 Å². The molecular formula is C11H13N. The maximum atomic E-state index is 4.41. The van der Waals surface area contributed by atoms with E-state index >= 15 is 0 Å². The van der Waals surface area contributed by atoms with Crippen LogP contribution in [-0.2, 0) is 0 Å². The average Bonchev–Trinajstić information content (AvgIpc) is 2.98. The predicted molar refractivity (Wildman–Crippen MR) is 48.2 cm³/mol. The van der Waals surface area contributed by atoms with E-state index in [-0.39, 0.29) is 0 Å². The van der Waals surface area contributed by atoms with E-state index in [9.17, 15) is 0 Å². The molecule has 1 nitrogen and oxygen atoms in total. The molecule has 1 heteroatoms. The van der Waals surface area contributed by atoms with Crippen molar-refractivity contribution in [1.82, 2.24) is 4.98 Å². The van der Waals surface area contributed by atoms with Gasteiger partial charge in [-0.1, -0.05) is 0 Å². The molecule has 0 aromatic carbocycles. The fourth-order valence-corrected chi connectivity index (χ4v) is 1.74. The second kappa shape index (κ2) is 2.32. The molecule has 0 amide bonds. The van der Waals surface area contributed by atoms with Gasteiger partial charge in [-0.15, -0.1) is 0 Å². The van der Waals surface area contributed by atoms with Crippen LogP contribution in [0.5, 0.6) is 0 Å². The fourth-order valence-electron chi connectivity index (χ4n) is 1.74. The van der Waals surface area contributed by atoms with Crippen molar-refractivity contribution in [3.63, 3.8) is 0 Å². The first-order chi connectivity index (χ1) is 5.93. The van der Waals surface area contributed by atoms with Gasteiger partial charge in [-0.05, 0) is 49.3 Å². The summed E-state index contributed by atoms with van der Waals surface area (Å²) in [5.74, 6) is 1.69. The molecule has 1 aromatic heterocycles. The summed E-state index contributed by atoms with van der Waals surface area (Å²) in [4.78, 5) is 4.41. The molecule has 0 bridgehead atoms. The topological polar surface area (TPSA) is 12.9 Å². The maximum Gasteiger partial charge on any atom is 0.0437 e. The second-order valence-corrected chi connectivity index (χ2v) is 4.06. The standard InChI is InChI=1S/C11H13N/c1-2-8(1)10-5-6-12-11(7-10)9-3-4-9/h5-9H,1-4H2. The molecule has 3 rings (SSSR count). The smallest absolute Gasteiger partial charge is 0.0437 e. The molecule has 2 saturated carbocycles. The van der Waals surface area contributed by atoms with E-state index in [1.165, 1.54) is 36.9 Å². The monoisotopic (exact) mass is 159 g/mol. The molecule has 0 radical (unpaired) electrons. The highest BCUT2D eigenvalue weighted by molar-refractivity contribution is 5.27. The fraction of sp³-hybridized carbons (Fsp3) is 0.545. The van der Waals surface area contributed by atoms with Gasteiger partial charge >= 0.3 is 0 Å². The molecule has 2 aliphatic rings. The van der Waals surface area contributed by atoms with E-state index in [0.717, 1.165) is 11.8 Å². The molecule has 0 N–H and O–H groups in total. The van der Waals surface area contributed by atoms with Gasteiger partial charge < -0.3 is 0 Å². The highest BCUT2D eigenvalue weighted by Gasteiger charge is 2.28. The Hall–Kier alpha value is -0.850. The van der Waals surface area contributed by atoms with Crippen LogP contribution in [0.25, 0.3) is 0 Å². The van der Waals surface area contributed by atoms with Gasteiger partial charge in [-0.2, -0.15) is 0 Å². The van der Waals surface area contributed by atoms with E-state index in [1.807, 2.05) is 6.20 Å². The summed E-state index contributed by atoms with van der Waals surface area (Å²) in [5.41, 5.74) is 2.88. The molecule has 2 aliphatic carbocycles. The van der Waals surface area contributed by atoms with Gasteiger partial charge in [-0.25, -0.2) is 0 Å². The largest absolute Gasteiger partial charge is 0.261 e. The molecule has 1 aromatic rings. The third-order valence-electron chi connectivity index (χ3n) is 2.85. The van der Waals surface area contributed by atoms with Crippen LogP contribution < -0.4 is 0 Å². The van der Waals surface area contributed by atoms with Gasteiger partial charge in [-0.3, -0.25) is 4.98 Å². The van der Waals surface area contributed by atoms with Crippen LogP contribution in [-0.4, -0.2) is 4.98 Å². The SMILES string of the molecule is c1cc(C2CC2)cc(C2CC2)n1. The van der Waals surface area contributed by atoms with Gasteiger partial charge in [0.15, 0.2) is 0 Å². The summed E-state index contributed by atoms with van der Waals surface area (Å²) in [5, 5.41) is 0. The second-order valence-electron chi connectivity index (χ2n) is 4.06. The Kier molecular flexibility index (Phi) is 1.28. The normalized spacial score (nSPS) is 22.7. The number of aromatic nitrogens is 1. The first-order valence-electron chi connectivity index (χ1n) is 4.89. The van der Waals surface area contributed by atoms with E-state index in [1.54, 1.807) is 0 Å². The molecule has 2 fully saturated rings. The average molecular weight is 159 g/mol. The van der Waals surface area contributed by atoms with Crippen LogP contribution in [0, 0.1) is 0 Å². The summed E-state index contributed by atoms with van der Waals surface area (Å²) in [6.45, 7) is 0. The van der Waals surface area contributed by atoms with Crippen molar-refractivity contribution in [2.24, 2.45) is 0 Å². The highest BCUT2D eigenvalue weighted by atomic mass is 14.7. The summed E-state index contributed by atoms with van der Waals surface area (Å²) >= 11 is 0. The summed E-state index contributed by atoms with van der Waals surface area (Å²) in [6, 6.07) is 4.51. The van der Waals surface area contributed by atoms with Gasteiger partial charge in [0.2, 0.25) is 0 Å². The van der Waals surface area contributed by atoms with Crippen LogP contribution in [0.1, 0.15) is 48.8 Å². The quantitative estimate of drug-likeness (QED) is 0.646. The van der Waals surface area contributed by atoms with Crippen molar-refractivity contribution in [3.05, 3.63) is 29.6 Å². The first kappa shape index (κ1) is 6.64. The number of pyridine rings is 1. The Morgan fingerprint density at radius 1 is 1.08 bits per heavy atom. The van der Waals surface area contributed by atoms with Crippen molar-refractivity contribution < 1.29 is 0 Å². The Balaban J connectivity index is 1.93. The third kappa shape index (κ3) is 1.13. The van der Waals surface area contributed by atoms with Crippen molar-refractivity contribution in [2.45, 2.75) is 37.5 Å². The minimum atomic E-state index is 0.809. The maximum absolute atomic E-state index is 4.41. The lowest BCUT2D eigenvalue weighted by Crippen LogP contribution is -1.88. The van der Waals surface area contributed by atoms with E-state index < -0.39 is 0 Å². The molecule has 0 unspecified atom stereocenters. The predicted octanol–water partition coefficient (Wildman–Crippen LogP) is 2.84. The molecule has 1 heterocycles. The zero-order valence-electron chi connectivity index (χ0n) is 7.16. The minimum Gasteiger partial charge on any atom is -0.261 e. The van der Waals surface area contributed by atoms with E-state index in [2.05, 4.69) is 17.1 Å². The lowest BCUT2D eigenvalue weighted by atomic mass is 10.1. The zero-order chi connectivity index (χ0) is 7.97. The number of nitrogens with zero attached hydrogens (tertiary/aromatic N) is 1. The van der Waals surface area contributed by atoms with Crippen molar-refractivity contribution >= 4 is 0 Å². The molecule has 62 valence electrons. The van der Waals surface area contributed by atoms with Crippen LogP contribution in [0.2, 0.25) is 0 Å². The molecule has 0 aliphatic heterocycles. The van der Waals surface area contributed by atoms with Crippen molar-refractivity contribution in [1.29, 1.82) is 0 Å². The lowest BCUT2D eigenvalue weighted by Gasteiger charge is -2.00. The summed E-state index contributed by atoms with van der Waals surface area (Å²) in [6.07, 6.45) is 7.51. The zero-order valence-corrected chi connectivity index (χ0v) is 7.16. The lowest BCUT2D eigenvalue weighted by molar-refractivity contribution is 0.992. The summed E-state index contributed by atoms with van der Waals surface area (Å²) in [7, 11) is 0.